The lowest BCUT2D eigenvalue weighted by Crippen LogP contribution is -2.14. The SMILES string of the molecule is Cc1nn(C)cc1NC(=O)Cc1c[nH]c2ccccc12. The Morgan fingerprint density at radius 2 is 2.20 bits per heavy atom. The second kappa shape index (κ2) is 4.85. The van der Waals surface area contributed by atoms with Crippen molar-refractivity contribution in [2.24, 2.45) is 7.05 Å². The average molecular weight is 268 g/mol. The maximum absolute atomic E-state index is 12.1. The third-order valence-corrected chi connectivity index (χ3v) is 3.31. The predicted molar refractivity (Wildman–Crippen MR) is 78.6 cm³/mol. The van der Waals surface area contributed by atoms with Crippen LogP contribution in [0.5, 0.6) is 0 Å². The van der Waals surface area contributed by atoms with E-state index in [0.29, 0.717) is 6.42 Å². The number of anilines is 1. The number of aromatic nitrogens is 3. The number of rotatable bonds is 3. The van der Waals surface area contributed by atoms with E-state index in [1.807, 2.05) is 50.6 Å². The van der Waals surface area contributed by atoms with E-state index in [-0.39, 0.29) is 5.91 Å². The number of nitrogens with zero attached hydrogens (tertiary/aromatic N) is 2. The quantitative estimate of drug-likeness (QED) is 0.766. The van der Waals surface area contributed by atoms with Crippen LogP contribution in [0.1, 0.15) is 11.3 Å². The van der Waals surface area contributed by atoms with E-state index in [0.717, 1.165) is 27.8 Å². The van der Waals surface area contributed by atoms with E-state index in [2.05, 4.69) is 15.4 Å². The van der Waals surface area contributed by atoms with Crippen LogP contribution in [0.15, 0.2) is 36.7 Å². The summed E-state index contributed by atoms with van der Waals surface area (Å²) < 4.78 is 1.69. The van der Waals surface area contributed by atoms with Crippen LogP contribution in [0.25, 0.3) is 10.9 Å². The Balaban J connectivity index is 1.77. The molecule has 5 heteroatoms. The summed E-state index contributed by atoms with van der Waals surface area (Å²) >= 11 is 0. The number of aryl methyl sites for hydroxylation is 2. The highest BCUT2D eigenvalue weighted by Crippen LogP contribution is 2.19. The Morgan fingerprint density at radius 3 is 2.95 bits per heavy atom. The molecular formula is C15H16N4O. The summed E-state index contributed by atoms with van der Waals surface area (Å²) in [5.41, 5.74) is 3.63. The lowest BCUT2D eigenvalue weighted by molar-refractivity contribution is -0.115. The number of hydrogen-bond donors (Lipinski definition) is 2. The molecule has 0 spiro atoms. The Hall–Kier alpha value is -2.56. The van der Waals surface area contributed by atoms with Gasteiger partial charge in [0, 0.05) is 30.3 Å². The highest BCUT2D eigenvalue weighted by Gasteiger charge is 2.11. The molecule has 0 saturated heterocycles. The number of amides is 1. The van der Waals surface area contributed by atoms with Gasteiger partial charge < -0.3 is 10.3 Å². The normalized spacial score (nSPS) is 10.9. The molecule has 0 aliphatic rings. The zero-order chi connectivity index (χ0) is 14.1. The first kappa shape index (κ1) is 12.5. The molecule has 0 unspecified atom stereocenters. The summed E-state index contributed by atoms with van der Waals surface area (Å²) in [7, 11) is 1.84. The molecule has 0 fully saturated rings. The number of nitrogens with one attached hydrogen (secondary N) is 2. The molecule has 2 heterocycles. The second-order valence-electron chi connectivity index (χ2n) is 4.89. The molecule has 5 nitrogen and oxygen atoms in total. The lowest BCUT2D eigenvalue weighted by Gasteiger charge is -2.02. The fourth-order valence-corrected chi connectivity index (χ4v) is 2.37. The summed E-state index contributed by atoms with van der Waals surface area (Å²) in [6.45, 7) is 1.88. The van der Waals surface area contributed by atoms with E-state index in [1.54, 1.807) is 4.68 Å². The summed E-state index contributed by atoms with van der Waals surface area (Å²) in [6.07, 6.45) is 4.04. The van der Waals surface area contributed by atoms with Crippen molar-refractivity contribution in [1.82, 2.24) is 14.8 Å². The van der Waals surface area contributed by atoms with Gasteiger partial charge in [-0.2, -0.15) is 5.10 Å². The Morgan fingerprint density at radius 1 is 1.40 bits per heavy atom. The minimum Gasteiger partial charge on any atom is -0.361 e. The molecule has 1 aromatic carbocycles. The average Bonchev–Trinajstić information content (AvgIpc) is 2.94. The third-order valence-electron chi connectivity index (χ3n) is 3.31. The summed E-state index contributed by atoms with van der Waals surface area (Å²) in [5.74, 6) is -0.0362. The Kier molecular flexibility index (Phi) is 3.02. The van der Waals surface area contributed by atoms with Crippen molar-refractivity contribution in [2.75, 3.05) is 5.32 Å². The molecule has 2 N–H and O–H groups in total. The van der Waals surface area contributed by atoms with Gasteiger partial charge in [0.25, 0.3) is 0 Å². The van der Waals surface area contributed by atoms with Crippen LogP contribution in [-0.2, 0) is 18.3 Å². The van der Waals surface area contributed by atoms with E-state index < -0.39 is 0 Å². The summed E-state index contributed by atoms with van der Waals surface area (Å²) in [6, 6.07) is 7.97. The van der Waals surface area contributed by atoms with Crippen molar-refractivity contribution in [2.45, 2.75) is 13.3 Å². The van der Waals surface area contributed by atoms with Crippen molar-refractivity contribution in [1.29, 1.82) is 0 Å². The van der Waals surface area contributed by atoms with Crippen LogP contribution in [0.4, 0.5) is 5.69 Å². The Bertz CT molecular complexity index is 769. The van der Waals surface area contributed by atoms with Gasteiger partial charge in [-0.1, -0.05) is 18.2 Å². The van der Waals surface area contributed by atoms with Gasteiger partial charge in [-0.25, -0.2) is 0 Å². The van der Waals surface area contributed by atoms with Gasteiger partial charge in [0.05, 0.1) is 17.8 Å². The predicted octanol–water partition coefficient (Wildman–Crippen LogP) is 2.39. The van der Waals surface area contributed by atoms with E-state index in [1.165, 1.54) is 0 Å². The molecule has 0 atom stereocenters. The van der Waals surface area contributed by atoms with Gasteiger partial charge in [-0.15, -0.1) is 0 Å². The largest absolute Gasteiger partial charge is 0.361 e. The molecule has 0 aliphatic heterocycles. The molecule has 1 amide bonds. The minimum atomic E-state index is -0.0362. The molecule has 3 rings (SSSR count). The van der Waals surface area contributed by atoms with Gasteiger partial charge in [0.1, 0.15) is 0 Å². The minimum absolute atomic E-state index is 0.0362. The first-order valence-electron chi connectivity index (χ1n) is 6.48. The topological polar surface area (TPSA) is 62.7 Å². The van der Waals surface area contributed by atoms with E-state index in [9.17, 15) is 4.79 Å². The number of fused-ring (bicyclic) bond motifs is 1. The molecule has 0 bridgehead atoms. The number of benzene rings is 1. The maximum atomic E-state index is 12.1. The van der Waals surface area contributed by atoms with Gasteiger partial charge in [-0.05, 0) is 18.6 Å². The number of hydrogen-bond acceptors (Lipinski definition) is 2. The van der Waals surface area contributed by atoms with Crippen molar-refractivity contribution in [3.05, 3.63) is 47.9 Å². The smallest absolute Gasteiger partial charge is 0.228 e. The zero-order valence-electron chi connectivity index (χ0n) is 11.5. The monoisotopic (exact) mass is 268 g/mol. The molecule has 0 radical (unpaired) electrons. The zero-order valence-corrected chi connectivity index (χ0v) is 11.5. The molecule has 3 aromatic rings. The molecule has 20 heavy (non-hydrogen) atoms. The Labute approximate surface area is 116 Å². The number of carbonyl (C=O) groups excluding carboxylic acids is 1. The van der Waals surface area contributed by atoms with Crippen LogP contribution in [0.2, 0.25) is 0 Å². The van der Waals surface area contributed by atoms with Gasteiger partial charge in [0.15, 0.2) is 0 Å². The third kappa shape index (κ3) is 2.30. The summed E-state index contributed by atoms with van der Waals surface area (Å²) in [5, 5.41) is 8.19. The number of H-pyrrole nitrogens is 1. The number of aromatic amines is 1. The molecule has 2 aromatic heterocycles. The number of carbonyl (C=O) groups is 1. The standard InChI is InChI=1S/C15H16N4O/c1-10-14(9-19(2)18-10)17-15(20)7-11-8-16-13-6-4-3-5-12(11)13/h3-6,8-9,16H,7H2,1-2H3,(H,17,20). The van der Waals surface area contributed by atoms with Gasteiger partial charge in [0.2, 0.25) is 5.91 Å². The first-order valence-corrected chi connectivity index (χ1v) is 6.48. The second-order valence-corrected chi connectivity index (χ2v) is 4.89. The van der Waals surface area contributed by atoms with Crippen LogP contribution < -0.4 is 5.32 Å². The van der Waals surface area contributed by atoms with Crippen LogP contribution in [-0.4, -0.2) is 20.7 Å². The van der Waals surface area contributed by atoms with Crippen molar-refractivity contribution in [3.8, 4) is 0 Å². The molecule has 0 aliphatic carbocycles. The van der Waals surface area contributed by atoms with E-state index in [4.69, 9.17) is 0 Å². The molecular weight excluding hydrogens is 252 g/mol. The van der Waals surface area contributed by atoms with E-state index >= 15 is 0 Å². The van der Waals surface area contributed by atoms with Crippen molar-refractivity contribution < 1.29 is 4.79 Å². The van der Waals surface area contributed by atoms with Crippen molar-refractivity contribution >= 4 is 22.5 Å². The number of para-hydroxylation sites is 1. The maximum Gasteiger partial charge on any atom is 0.228 e. The van der Waals surface area contributed by atoms with Gasteiger partial charge >= 0.3 is 0 Å². The highest BCUT2D eigenvalue weighted by atomic mass is 16.1. The summed E-state index contributed by atoms with van der Waals surface area (Å²) in [4.78, 5) is 15.3. The van der Waals surface area contributed by atoms with Gasteiger partial charge in [-0.3, -0.25) is 9.48 Å². The molecule has 102 valence electrons. The fraction of sp³-hybridized carbons (Fsp3) is 0.200. The van der Waals surface area contributed by atoms with Crippen molar-refractivity contribution in [3.63, 3.8) is 0 Å². The van der Waals surface area contributed by atoms with Crippen LogP contribution in [0.3, 0.4) is 0 Å². The van der Waals surface area contributed by atoms with Crippen LogP contribution in [0, 0.1) is 6.92 Å². The highest BCUT2D eigenvalue weighted by molar-refractivity contribution is 5.96. The fourth-order valence-electron chi connectivity index (χ4n) is 2.37. The van der Waals surface area contributed by atoms with Crippen LogP contribution >= 0.6 is 0 Å². The molecule has 0 saturated carbocycles. The lowest BCUT2D eigenvalue weighted by atomic mass is 10.1. The first-order chi connectivity index (χ1) is 9.63.